The van der Waals surface area contributed by atoms with Crippen molar-refractivity contribution in [2.24, 2.45) is 0 Å². The normalized spacial score (nSPS) is 11.5. The molecule has 0 radical (unpaired) electrons. The van der Waals surface area contributed by atoms with Gasteiger partial charge in [0, 0.05) is 25.7 Å². The van der Waals surface area contributed by atoms with E-state index in [2.05, 4.69) is 0 Å². The molecule has 0 fully saturated rings. The Kier molecular flexibility index (Phi) is 7.57. The molecular formula is C17H26N2O4S. The third-order valence-corrected chi connectivity index (χ3v) is 5.66. The molecule has 0 aromatic heterocycles. The number of carbonyl (C=O) groups excluding carboxylic acids is 2. The Balaban J connectivity index is 2.86. The van der Waals surface area contributed by atoms with Crippen molar-refractivity contribution in [2.45, 2.75) is 38.5 Å². The van der Waals surface area contributed by atoms with Crippen LogP contribution in [0.5, 0.6) is 0 Å². The van der Waals surface area contributed by atoms with Crippen LogP contribution in [-0.4, -0.2) is 56.0 Å². The summed E-state index contributed by atoms with van der Waals surface area (Å²) in [6, 6.07) is 5.73. The van der Waals surface area contributed by atoms with Gasteiger partial charge in [-0.25, -0.2) is 8.42 Å². The predicted octanol–water partition coefficient (Wildman–Crippen LogP) is 2.16. The summed E-state index contributed by atoms with van der Waals surface area (Å²) >= 11 is 0. The molecule has 0 unspecified atom stereocenters. The molecule has 0 atom stereocenters. The molecule has 1 aromatic carbocycles. The second-order valence-corrected chi connectivity index (χ2v) is 7.71. The maximum absolute atomic E-state index is 12.5. The number of hydrogen-bond acceptors (Lipinski definition) is 4. The fourth-order valence-corrected chi connectivity index (χ4v) is 3.35. The molecule has 0 N–H and O–H groups in total. The van der Waals surface area contributed by atoms with Crippen molar-refractivity contribution in [2.75, 3.05) is 26.7 Å². The first-order valence-corrected chi connectivity index (χ1v) is 9.53. The van der Waals surface area contributed by atoms with Gasteiger partial charge < -0.3 is 4.90 Å². The molecule has 1 amide bonds. The number of hydrogen-bond donors (Lipinski definition) is 0. The molecule has 0 saturated carbocycles. The average Bonchev–Trinajstić information content (AvgIpc) is 2.55. The van der Waals surface area contributed by atoms with Gasteiger partial charge in [-0.15, -0.1) is 0 Å². The number of rotatable bonds is 9. The van der Waals surface area contributed by atoms with E-state index >= 15 is 0 Å². The molecular weight excluding hydrogens is 328 g/mol. The number of carbonyl (C=O) groups is 2. The third-order valence-electron chi connectivity index (χ3n) is 3.84. The summed E-state index contributed by atoms with van der Waals surface area (Å²) in [4.78, 5) is 25.3. The molecule has 0 aliphatic rings. The molecule has 134 valence electrons. The zero-order valence-electron chi connectivity index (χ0n) is 14.8. The van der Waals surface area contributed by atoms with Gasteiger partial charge in [-0.1, -0.05) is 25.5 Å². The minimum absolute atomic E-state index is 0.0689. The van der Waals surface area contributed by atoms with E-state index in [4.69, 9.17) is 0 Å². The first-order valence-electron chi connectivity index (χ1n) is 8.09. The Morgan fingerprint density at radius 2 is 1.67 bits per heavy atom. The summed E-state index contributed by atoms with van der Waals surface area (Å²) in [6.07, 6.45) is 1.86. The monoisotopic (exact) mass is 354 g/mol. The van der Waals surface area contributed by atoms with E-state index in [1.54, 1.807) is 4.90 Å². The fraction of sp³-hybridized carbons (Fsp3) is 0.529. The lowest BCUT2D eigenvalue weighted by molar-refractivity contribution is -0.131. The maximum atomic E-state index is 12.5. The van der Waals surface area contributed by atoms with Gasteiger partial charge in [0.15, 0.2) is 5.78 Å². The van der Waals surface area contributed by atoms with Crippen LogP contribution in [0.1, 0.15) is 44.0 Å². The Hall–Kier alpha value is -1.73. The van der Waals surface area contributed by atoms with E-state index in [0.29, 0.717) is 18.7 Å². The van der Waals surface area contributed by atoms with Gasteiger partial charge in [0.25, 0.3) is 0 Å². The standard InChI is InChI=1S/C17H26N2O4S/c1-5-7-12-19(6-2)17(21)13-18(4)24(22,23)16-10-8-15(9-11-16)14(3)20/h8-11H,5-7,12-13H2,1-4H3. The number of unbranched alkanes of at least 4 members (excludes halogenated alkanes) is 1. The molecule has 0 aliphatic carbocycles. The number of amides is 1. The highest BCUT2D eigenvalue weighted by Crippen LogP contribution is 2.15. The number of ketones is 1. The minimum Gasteiger partial charge on any atom is -0.342 e. The van der Waals surface area contributed by atoms with Crippen LogP contribution in [0.25, 0.3) is 0 Å². The van der Waals surface area contributed by atoms with Crippen LogP contribution < -0.4 is 0 Å². The summed E-state index contributed by atoms with van der Waals surface area (Å²) in [5.41, 5.74) is 0.449. The first-order chi connectivity index (χ1) is 11.2. The second kappa shape index (κ2) is 8.94. The van der Waals surface area contributed by atoms with Gasteiger partial charge in [-0.3, -0.25) is 9.59 Å². The van der Waals surface area contributed by atoms with Gasteiger partial charge in [0.2, 0.25) is 15.9 Å². The van der Waals surface area contributed by atoms with E-state index in [0.717, 1.165) is 17.1 Å². The van der Waals surface area contributed by atoms with E-state index in [-0.39, 0.29) is 23.1 Å². The Labute approximate surface area is 144 Å². The number of Topliss-reactive ketones (excluding diaryl/α,β-unsaturated/α-hetero) is 1. The van der Waals surface area contributed by atoms with Crippen molar-refractivity contribution in [1.82, 2.24) is 9.21 Å². The number of benzene rings is 1. The lowest BCUT2D eigenvalue weighted by Crippen LogP contribution is -2.41. The smallest absolute Gasteiger partial charge is 0.243 e. The summed E-state index contributed by atoms with van der Waals surface area (Å²) in [5, 5.41) is 0. The zero-order valence-corrected chi connectivity index (χ0v) is 15.6. The topological polar surface area (TPSA) is 74.8 Å². The van der Waals surface area contributed by atoms with Gasteiger partial charge in [0.1, 0.15) is 0 Å². The predicted molar refractivity (Wildman–Crippen MR) is 93.4 cm³/mol. The van der Waals surface area contributed by atoms with Crippen LogP contribution in [0.15, 0.2) is 29.2 Å². The summed E-state index contributed by atoms with van der Waals surface area (Å²) in [5.74, 6) is -0.339. The highest BCUT2D eigenvalue weighted by atomic mass is 32.2. The largest absolute Gasteiger partial charge is 0.342 e. The number of sulfonamides is 1. The Bertz CT molecular complexity index is 668. The van der Waals surface area contributed by atoms with Crippen molar-refractivity contribution >= 4 is 21.7 Å². The Morgan fingerprint density at radius 1 is 1.08 bits per heavy atom. The lowest BCUT2D eigenvalue weighted by atomic mass is 10.2. The SMILES string of the molecule is CCCCN(CC)C(=O)CN(C)S(=O)(=O)c1ccc(C(C)=O)cc1. The van der Waals surface area contributed by atoms with Gasteiger partial charge in [0.05, 0.1) is 11.4 Å². The molecule has 0 aliphatic heterocycles. The quantitative estimate of drug-likeness (QED) is 0.637. The molecule has 0 heterocycles. The molecule has 0 saturated heterocycles. The summed E-state index contributed by atoms with van der Waals surface area (Å²) in [7, 11) is -2.38. The van der Waals surface area contributed by atoms with Crippen LogP contribution in [-0.2, 0) is 14.8 Å². The van der Waals surface area contributed by atoms with Crippen LogP contribution in [0, 0.1) is 0 Å². The highest BCUT2D eigenvalue weighted by molar-refractivity contribution is 7.89. The van der Waals surface area contributed by atoms with Crippen molar-refractivity contribution in [1.29, 1.82) is 0 Å². The van der Waals surface area contributed by atoms with E-state index < -0.39 is 10.0 Å². The maximum Gasteiger partial charge on any atom is 0.243 e. The second-order valence-electron chi connectivity index (χ2n) is 5.67. The van der Waals surface area contributed by atoms with E-state index in [1.165, 1.54) is 38.2 Å². The van der Waals surface area contributed by atoms with Crippen molar-refractivity contribution in [3.8, 4) is 0 Å². The van der Waals surface area contributed by atoms with Crippen molar-refractivity contribution < 1.29 is 18.0 Å². The van der Waals surface area contributed by atoms with Crippen LogP contribution in [0.3, 0.4) is 0 Å². The molecule has 6 nitrogen and oxygen atoms in total. The van der Waals surface area contributed by atoms with Crippen LogP contribution in [0.4, 0.5) is 0 Å². The van der Waals surface area contributed by atoms with Gasteiger partial charge in [-0.2, -0.15) is 4.31 Å². The van der Waals surface area contributed by atoms with Crippen molar-refractivity contribution in [3.05, 3.63) is 29.8 Å². The molecule has 0 spiro atoms. The molecule has 1 aromatic rings. The number of nitrogens with zero attached hydrogens (tertiary/aromatic N) is 2. The highest BCUT2D eigenvalue weighted by Gasteiger charge is 2.24. The third kappa shape index (κ3) is 5.14. The van der Waals surface area contributed by atoms with Crippen LogP contribution >= 0.6 is 0 Å². The van der Waals surface area contributed by atoms with Gasteiger partial charge >= 0.3 is 0 Å². The molecule has 7 heteroatoms. The molecule has 0 bridgehead atoms. The Morgan fingerprint density at radius 3 is 2.12 bits per heavy atom. The molecule has 24 heavy (non-hydrogen) atoms. The first kappa shape index (κ1) is 20.3. The molecule has 1 rings (SSSR count). The number of likely N-dealkylation sites (N-methyl/N-ethyl adjacent to an activating group) is 2. The van der Waals surface area contributed by atoms with E-state index in [1.807, 2.05) is 13.8 Å². The zero-order chi connectivity index (χ0) is 18.3. The summed E-state index contributed by atoms with van der Waals surface area (Å²) < 4.78 is 26.1. The fourth-order valence-electron chi connectivity index (χ4n) is 2.23. The average molecular weight is 354 g/mol. The lowest BCUT2D eigenvalue weighted by Gasteiger charge is -2.24. The summed E-state index contributed by atoms with van der Waals surface area (Å²) in [6.45, 7) is 6.33. The van der Waals surface area contributed by atoms with Crippen LogP contribution in [0.2, 0.25) is 0 Å². The van der Waals surface area contributed by atoms with E-state index in [9.17, 15) is 18.0 Å². The minimum atomic E-state index is -3.76. The van der Waals surface area contributed by atoms with Crippen molar-refractivity contribution in [3.63, 3.8) is 0 Å². The van der Waals surface area contributed by atoms with Gasteiger partial charge in [-0.05, 0) is 32.4 Å².